The van der Waals surface area contributed by atoms with Crippen molar-refractivity contribution in [2.45, 2.75) is 178 Å². The number of benzene rings is 1. The molecule has 6 rings (SSSR count). The van der Waals surface area contributed by atoms with Crippen LogP contribution in [-0.2, 0) is 39.6 Å². The molecule has 5 aliphatic rings. The van der Waals surface area contributed by atoms with Gasteiger partial charge in [-0.3, -0.25) is 4.79 Å². The highest BCUT2D eigenvalue weighted by Crippen LogP contribution is 2.54. The van der Waals surface area contributed by atoms with Crippen LogP contribution in [0.25, 0.3) is 0 Å². The summed E-state index contributed by atoms with van der Waals surface area (Å²) in [7, 11) is 1.53. The fourth-order valence-electron chi connectivity index (χ4n) is 10.4. The van der Waals surface area contributed by atoms with Crippen molar-refractivity contribution in [1.82, 2.24) is 0 Å². The van der Waals surface area contributed by atoms with Gasteiger partial charge in [-0.1, -0.05) is 65.0 Å². The topological polar surface area (TPSA) is 133 Å². The summed E-state index contributed by atoms with van der Waals surface area (Å²) in [4.78, 5) is 11.9. The Morgan fingerprint density at radius 1 is 1.00 bits per heavy atom. The van der Waals surface area contributed by atoms with E-state index in [1.165, 1.54) is 7.11 Å². The van der Waals surface area contributed by atoms with Crippen LogP contribution in [0.2, 0.25) is 0 Å². The molecule has 51 heavy (non-hydrogen) atoms. The molecule has 16 atom stereocenters. The first kappa shape index (κ1) is 39.1. The SMILES string of the molecule is CC[C@@]1([C@H]2CC[C@H]([C@H]3O[C@@](O)(Cc4ccccc4)[C@H](C)C[C@@H]3C)O2)CC[C@H]([C@]2(C)CC[C@]3(C[C@H](O)[C@@H](C)[C@@H]([C@@H](C)[C@@H](OC)[C@H](C)C(=O)O)O3)O2)O1. The Morgan fingerprint density at radius 2 is 1.73 bits per heavy atom. The number of rotatable bonds is 11. The molecule has 0 unspecified atom stereocenters. The first-order valence-electron chi connectivity index (χ1n) is 19.7. The lowest BCUT2D eigenvalue weighted by atomic mass is 9.78. The molecule has 5 fully saturated rings. The predicted octanol–water partition coefficient (Wildman–Crippen LogP) is 6.28. The smallest absolute Gasteiger partial charge is 0.308 e. The van der Waals surface area contributed by atoms with E-state index >= 15 is 0 Å². The third-order valence-electron chi connectivity index (χ3n) is 13.8. The minimum Gasteiger partial charge on any atom is -0.481 e. The maximum Gasteiger partial charge on any atom is 0.308 e. The maximum atomic E-state index is 11.9. The van der Waals surface area contributed by atoms with Crippen molar-refractivity contribution in [2.24, 2.45) is 29.6 Å². The van der Waals surface area contributed by atoms with Gasteiger partial charge < -0.3 is 43.7 Å². The highest BCUT2D eigenvalue weighted by Gasteiger charge is 2.61. The molecule has 3 N–H and O–H groups in total. The summed E-state index contributed by atoms with van der Waals surface area (Å²) in [5.74, 6) is -4.12. The first-order valence-corrected chi connectivity index (χ1v) is 19.7. The first-order chi connectivity index (χ1) is 24.1. The zero-order valence-corrected chi connectivity index (χ0v) is 32.1. The highest BCUT2D eigenvalue weighted by atomic mass is 16.7. The van der Waals surface area contributed by atoms with Crippen LogP contribution in [0.15, 0.2) is 30.3 Å². The second-order valence-electron chi connectivity index (χ2n) is 17.2. The molecule has 1 aromatic carbocycles. The molecule has 1 aromatic rings. The second-order valence-corrected chi connectivity index (χ2v) is 17.2. The molecule has 0 radical (unpaired) electrons. The molecule has 10 nitrogen and oxygen atoms in total. The predicted molar refractivity (Wildman–Crippen MR) is 191 cm³/mol. The van der Waals surface area contributed by atoms with Crippen LogP contribution in [0.4, 0.5) is 0 Å². The number of aliphatic hydroxyl groups is 2. The van der Waals surface area contributed by atoms with Crippen molar-refractivity contribution in [1.29, 1.82) is 0 Å². The fraction of sp³-hybridized carbons (Fsp3) is 0.829. The standard InChI is InChI=1S/C41H64O10/c1-9-39(33-16-15-31(47-33)34-24(2)21-25(3)41(45,50-34)22-29-13-11-10-12-14-29)18-17-32(48-39)38(7)19-20-40(51-38)23-30(42)26(4)36(49-40)27(5)35(46-8)28(6)37(43)44/h10-14,24-28,30-36,42,45H,9,15-23H2,1-8H3,(H,43,44)/t24-,25+,26+,27-,28-,30-,31+,32+,33+,34-,35+,36-,38-,39-,40+,41-/m0/s1. The van der Waals surface area contributed by atoms with E-state index in [4.69, 9.17) is 28.4 Å². The normalized spacial score (nSPS) is 46.3. The molecule has 10 heteroatoms. The summed E-state index contributed by atoms with van der Waals surface area (Å²) in [6.45, 7) is 14.1. The summed E-state index contributed by atoms with van der Waals surface area (Å²) in [5.41, 5.74) is -0.0161. The largest absolute Gasteiger partial charge is 0.481 e. The number of hydrogen-bond donors (Lipinski definition) is 3. The van der Waals surface area contributed by atoms with Crippen molar-refractivity contribution in [3.05, 3.63) is 35.9 Å². The van der Waals surface area contributed by atoms with Gasteiger partial charge in [0.25, 0.3) is 0 Å². The quantitative estimate of drug-likeness (QED) is 0.241. The Labute approximate surface area is 304 Å². The van der Waals surface area contributed by atoms with Crippen LogP contribution < -0.4 is 0 Å². The fourth-order valence-corrected chi connectivity index (χ4v) is 10.4. The van der Waals surface area contributed by atoms with Crippen LogP contribution in [-0.4, -0.2) is 93.9 Å². The summed E-state index contributed by atoms with van der Waals surface area (Å²) in [6, 6.07) is 10.1. The van der Waals surface area contributed by atoms with E-state index in [0.717, 1.165) is 50.5 Å². The lowest BCUT2D eigenvalue weighted by Gasteiger charge is -2.48. The molecule has 5 saturated heterocycles. The van der Waals surface area contributed by atoms with E-state index in [1.807, 2.05) is 44.2 Å². The Balaban J connectivity index is 1.12. The number of carboxylic acids is 1. The average Bonchev–Trinajstić information content (AvgIpc) is 3.84. The lowest BCUT2D eigenvalue weighted by molar-refractivity contribution is -0.335. The maximum absolute atomic E-state index is 11.9. The molecule has 5 aliphatic heterocycles. The zero-order chi connectivity index (χ0) is 36.9. The van der Waals surface area contributed by atoms with Crippen molar-refractivity contribution in [3.8, 4) is 0 Å². The molecule has 0 saturated carbocycles. The molecule has 0 aromatic heterocycles. The molecule has 5 heterocycles. The third-order valence-corrected chi connectivity index (χ3v) is 13.8. The molecule has 1 spiro atoms. The van der Waals surface area contributed by atoms with Gasteiger partial charge in [-0.2, -0.15) is 0 Å². The zero-order valence-electron chi connectivity index (χ0n) is 32.1. The van der Waals surface area contributed by atoms with Crippen molar-refractivity contribution in [2.75, 3.05) is 7.11 Å². The average molecular weight is 717 g/mol. The van der Waals surface area contributed by atoms with E-state index in [1.54, 1.807) is 6.92 Å². The summed E-state index contributed by atoms with van der Waals surface area (Å²) < 4.78 is 40.1. The van der Waals surface area contributed by atoms with Gasteiger partial charge in [-0.05, 0) is 70.3 Å². The van der Waals surface area contributed by atoms with E-state index in [0.29, 0.717) is 19.3 Å². The summed E-state index contributed by atoms with van der Waals surface area (Å²) in [5, 5.41) is 32.8. The van der Waals surface area contributed by atoms with E-state index < -0.39 is 53.0 Å². The van der Waals surface area contributed by atoms with Gasteiger partial charge in [0.2, 0.25) is 0 Å². The highest BCUT2D eigenvalue weighted by molar-refractivity contribution is 5.70. The minimum absolute atomic E-state index is 0.00295. The number of aliphatic carboxylic acids is 1. The van der Waals surface area contributed by atoms with Crippen molar-refractivity contribution >= 4 is 5.97 Å². The van der Waals surface area contributed by atoms with E-state index in [-0.39, 0.29) is 48.1 Å². The number of hydrogen-bond acceptors (Lipinski definition) is 9. The summed E-state index contributed by atoms with van der Waals surface area (Å²) >= 11 is 0. The second kappa shape index (κ2) is 14.9. The Kier molecular flexibility index (Phi) is 11.4. The van der Waals surface area contributed by atoms with E-state index in [2.05, 4.69) is 27.7 Å². The summed E-state index contributed by atoms with van der Waals surface area (Å²) in [6.07, 6.45) is 4.97. The van der Waals surface area contributed by atoms with Crippen LogP contribution in [0.1, 0.15) is 112 Å². The molecule has 288 valence electrons. The monoisotopic (exact) mass is 716 g/mol. The van der Waals surface area contributed by atoms with Gasteiger partial charge >= 0.3 is 5.97 Å². The molecular formula is C41H64O10. The number of carboxylic acid groups (broad SMARTS) is 1. The molecule has 0 amide bonds. The van der Waals surface area contributed by atoms with Crippen molar-refractivity contribution < 1.29 is 48.5 Å². The van der Waals surface area contributed by atoms with Crippen LogP contribution in [0, 0.1) is 29.6 Å². The van der Waals surface area contributed by atoms with Crippen molar-refractivity contribution in [3.63, 3.8) is 0 Å². The van der Waals surface area contributed by atoms with E-state index in [9.17, 15) is 20.1 Å². The van der Waals surface area contributed by atoms with Crippen LogP contribution in [0.3, 0.4) is 0 Å². The van der Waals surface area contributed by atoms with Gasteiger partial charge in [-0.25, -0.2) is 0 Å². The van der Waals surface area contributed by atoms with Gasteiger partial charge in [0.15, 0.2) is 11.6 Å². The Hall–Kier alpha value is -1.63. The van der Waals surface area contributed by atoms with Crippen LogP contribution >= 0.6 is 0 Å². The number of ether oxygens (including phenoxy) is 6. The molecule has 0 aliphatic carbocycles. The Bertz CT molecular complexity index is 1340. The van der Waals surface area contributed by atoms with Gasteiger partial charge in [-0.15, -0.1) is 0 Å². The molecular weight excluding hydrogens is 652 g/mol. The van der Waals surface area contributed by atoms with Gasteiger partial charge in [0.1, 0.15) is 0 Å². The number of aliphatic hydroxyl groups excluding tert-OH is 1. The lowest BCUT2D eigenvalue weighted by Crippen LogP contribution is -2.57. The van der Waals surface area contributed by atoms with Gasteiger partial charge in [0.05, 0.1) is 59.8 Å². The Morgan fingerprint density at radius 3 is 2.39 bits per heavy atom. The third kappa shape index (κ3) is 7.42. The van der Waals surface area contributed by atoms with Crippen LogP contribution in [0.5, 0.6) is 0 Å². The number of methoxy groups -OCH3 is 1. The minimum atomic E-state index is -1.25. The van der Waals surface area contributed by atoms with Gasteiger partial charge in [0, 0.05) is 44.1 Å². The molecule has 0 bridgehead atoms. The number of carbonyl (C=O) groups is 1.